The first-order chi connectivity index (χ1) is 20.3. The molecule has 2 unspecified atom stereocenters. The second kappa shape index (κ2) is 13.8. The first kappa shape index (κ1) is 30.2. The Morgan fingerprint density at radius 1 is 1.05 bits per heavy atom. The molecule has 3 aromatic carbocycles. The smallest absolute Gasteiger partial charge is 0.251 e. The maximum atomic E-state index is 13.7. The number of nitrogens with one attached hydrogen (secondary N) is 3. The topological polar surface area (TPSA) is 126 Å². The Kier molecular flexibility index (Phi) is 9.91. The molecule has 2 atom stereocenters. The van der Waals surface area contributed by atoms with Crippen LogP contribution in [-0.2, 0) is 19.4 Å². The molecule has 0 aromatic heterocycles. The van der Waals surface area contributed by atoms with Gasteiger partial charge in [-0.1, -0.05) is 42.5 Å². The largest absolute Gasteiger partial charge is 0.493 e. The maximum absolute atomic E-state index is 13.7. The van der Waals surface area contributed by atoms with E-state index in [1.165, 1.54) is 5.56 Å². The van der Waals surface area contributed by atoms with Crippen LogP contribution in [0.3, 0.4) is 0 Å². The number of aliphatic hydroxyl groups is 1. The average Bonchev–Trinajstić information content (AvgIpc) is 3.45. The number of hydrogen-bond acceptors (Lipinski definition) is 8. The number of amides is 1. The van der Waals surface area contributed by atoms with Gasteiger partial charge in [-0.05, 0) is 67.1 Å². The normalized spacial score (nSPS) is 18.0. The van der Waals surface area contributed by atoms with Crippen LogP contribution in [0.1, 0.15) is 46.8 Å². The van der Waals surface area contributed by atoms with E-state index < -0.39 is 22.9 Å². The lowest BCUT2D eigenvalue weighted by Gasteiger charge is -2.47. The van der Waals surface area contributed by atoms with Crippen molar-refractivity contribution in [2.24, 2.45) is 0 Å². The van der Waals surface area contributed by atoms with Gasteiger partial charge in [0.05, 0.1) is 30.2 Å². The van der Waals surface area contributed by atoms with Crippen molar-refractivity contribution in [3.05, 3.63) is 89.0 Å². The van der Waals surface area contributed by atoms with E-state index in [0.717, 1.165) is 41.8 Å². The zero-order chi connectivity index (χ0) is 29.5. The molecule has 0 radical (unpaired) electrons. The average molecular weight is 595 g/mol. The van der Waals surface area contributed by atoms with Crippen LogP contribution in [0.15, 0.2) is 66.7 Å². The fraction of sp³-hybridized carbons (Fsp3) is 0.406. The number of benzene rings is 3. The zero-order valence-electron chi connectivity index (χ0n) is 24.1. The first-order valence-electron chi connectivity index (χ1n) is 14.7. The number of aliphatic hydroxyl groups excluding tert-OH is 1. The van der Waals surface area contributed by atoms with Crippen LogP contribution < -0.4 is 25.0 Å². The molecule has 0 bridgehead atoms. The van der Waals surface area contributed by atoms with Crippen LogP contribution in [0.25, 0.3) is 0 Å². The summed E-state index contributed by atoms with van der Waals surface area (Å²) in [5, 5.41) is 20.9. The van der Waals surface area contributed by atoms with Gasteiger partial charge in [-0.2, -0.15) is 0 Å². The Labute approximate surface area is 249 Å². The molecule has 2 heterocycles. The summed E-state index contributed by atoms with van der Waals surface area (Å²) in [6, 6.07) is 20.7. The lowest BCUT2D eigenvalue weighted by molar-refractivity contribution is 0.0830. The SMILES string of the molecule is CCNc1cc(C(=O)NC(Cc2ccccc2)C(O)CNCc2ccc3c(c2)OCC3)cc(N2CCCCS2(O)O)c1. The van der Waals surface area contributed by atoms with Crippen LogP contribution in [0.5, 0.6) is 5.75 Å². The van der Waals surface area contributed by atoms with Gasteiger partial charge in [-0.3, -0.25) is 18.2 Å². The van der Waals surface area contributed by atoms with Gasteiger partial charge in [-0.25, -0.2) is 0 Å². The Morgan fingerprint density at radius 3 is 2.67 bits per heavy atom. The summed E-state index contributed by atoms with van der Waals surface area (Å²) in [4.78, 5) is 13.7. The van der Waals surface area contributed by atoms with Crippen molar-refractivity contribution in [1.82, 2.24) is 10.6 Å². The number of anilines is 2. The van der Waals surface area contributed by atoms with E-state index in [1.807, 2.05) is 49.4 Å². The highest BCUT2D eigenvalue weighted by Gasteiger charge is 2.28. The standard InChI is InChI=1S/C32H42N4O5S/c1-2-34-27-18-26(19-28(20-27)36-13-6-7-15-42(36,39)40)32(38)35-29(16-23-8-4-3-5-9-23)30(37)22-33-21-24-10-11-25-12-14-41-31(25)17-24/h3-5,8-11,17-20,29-30,33-34,37,39-40H,2,6-7,12-16,21-22H2,1H3,(H,35,38). The molecule has 0 saturated carbocycles. The number of rotatable bonds is 12. The molecule has 2 aliphatic heterocycles. The molecule has 2 aliphatic rings. The van der Waals surface area contributed by atoms with Crippen molar-refractivity contribution in [3.8, 4) is 5.75 Å². The highest BCUT2D eigenvalue weighted by atomic mass is 32.3. The molecule has 6 N–H and O–H groups in total. The van der Waals surface area contributed by atoms with Gasteiger partial charge >= 0.3 is 0 Å². The van der Waals surface area contributed by atoms with E-state index in [2.05, 4.69) is 28.1 Å². The molecule has 5 rings (SSSR count). The van der Waals surface area contributed by atoms with Crippen molar-refractivity contribution in [2.45, 2.75) is 51.3 Å². The molecule has 9 nitrogen and oxygen atoms in total. The summed E-state index contributed by atoms with van der Waals surface area (Å²) in [5.74, 6) is 0.908. The molecule has 1 amide bonds. The van der Waals surface area contributed by atoms with E-state index in [9.17, 15) is 19.0 Å². The number of ether oxygens (including phenoxy) is 1. The maximum Gasteiger partial charge on any atom is 0.251 e. The zero-order valence-corrected chi connectivity index (χ0v) is 24.9. The number of carbonyl (C=O) groups excluding carboxylic acids is 1. The third-order valence-electron chi connectivity index (χ3n) is 7.75. The molecule has 0 aliphatic carbocycles. The summed E-state index contributed by atoms with van der Waals surface area (Å²) in [6.07, 6.45) is 2.13. The van der Waals surface area contributed by atoms with Gasteiger partial charge in [0.2, 0.25) is 0 Å². The summed E-state index contributed by atoms with van der Waals surface area (Å²) in [5.41, 5.74) is 5.00. The van der Waals surface area contributed by atoms with E-state index in [1.54, 1.807) is 16.4 Å². The molecule has 42 heavy (non-hydrogen) atoms. The van der Waals surface area contributed by atoms with E-state index in [-0.39, 0.29) is 12.5 Å². The summed E-state index contributed by atoms with van der Waals surface area (Å²) < 4.78 is 28.8. The molecular weight excluding hydrogens is 552 g/mol. The predicted molar refractivity (Wildman–Crippen MR) is 170 cm³/mol. The van der Waals surface area contributed by atoms with Crippen LogP contribution in [-0.4, -0.2) is 64.3 Å². The quantitative estimate of drug-likeness (QED) is 0.176. The van der Waals surface area contributed by atoms with Crippen LogP contribution in [0, 0.1) is 0 Å². The highest BCUT2D eigenvalue weighted by Crippen LogP contribution is 2.50. The van der Waals surface area contributed by atoms with Crippen molar-refractivity contribution in [3.63, 3.8) is 0 Å². The first-order valence-corrected chi connectivity index (χ1v) is 16.4. The van der Waals surface area contributed by atoms with E-state index >= 15 is 0 Å². The minimum Gasteiger partial charge on any atom is -0.493 e. The lowest BCUT2D eigenvalue weighted by Crippen LogP contribution is -2.48. The minimum absolute atomic E-state index is 0.285. The van der Waals surface area contributed by atoms with Crippen LogP contribution >= 0.6 is 10.8 Å². The monoisotopic (exact) mass is 594 g/mol. The van der Waals surface area contributed by atoms with Crippen molar-refractivity contribution in [2.75, 3.05) is 41.6 Å². The Balaban J connectivity index is 1.31. The van der Waals surface area contributed by atoms with Gasteiger partial charge < -0.3 is 25.8 Å². The second-order valence-electron chi connectivity index (χ2n) is 11.0. The van der Waals surface area contributed by atoms with Crippen LogP contribution in [0.2, 0.25) is 0 Å². The van der Waals surface area contributed by atoms with Gasteiger partial charge in [0.15, 0.2) is 0 Å². The lowest BCUT2D eigenvalue weighted by atomic mass is 10.00. The molecule has 1 fully saturated rings. The number of nitrogens with zero attached hydrogens (tertiary/aromatic N) is 1. The van der Waals surface area contributed by atoms with Gasteiger partial charge in [0, 0.05) is 43.9 Å². The molecule has 3 aromatic rings. The molecular formula is C32H42N4O5S. The van der Waals surface area contributed by atoms with E-state index in [4.69, 9.17) is 4.74 Å². The van der Waals surface area contributed by atoms with Crippen molar-refractivity contribution >= 4 is 28.1 Å². The molecule has 1 saturated heterocycles. The number of fused-ring (bicyclic) bond motifs is 1. The second-order valence-corrected chi connectivity index (χ2v) is 13.1. The van der Waals surface area contributed by atoms with Crippen LogP contribution in [0.4, 0.5) is 11.4 Å². The number of hydrogen-bond donors (Lipinski definition) is 6. The summed E-state index contributed by atoms with van der Waals surface area (Å²) in [6.45, 7) is 4.69. The highest BCUT2D eigenvalue weighted by molar-refractivity contribution is 8.25. The fourth-order valence-electron chi connectivity index (χ4n) is 5.53. The van der Waals surface area contributed by atoms with Crippen molar-refractivity contribution < 1.29 is 23.7 Å². The minimum atomic E-state index is -2.95. The summed E-state index contributed by atoms with van der Waals surface area (Å²) >= 11 is 0. The van der Waals surface area contributed by atoms with Gasteiger partial charge in [0.25, 0.3) is 5.91 Å². The fourth-order valence-corrected chi connectivity index (χ4v) is 7.20. The third kappa shape index (κ3) is 7.56. The Hall–Kier alpha value is -3.28. The third-order valence-corrected chi connectivity index (χ3v) is 9.69. The van der Waals surface area contributed by atoms with Gasteiger partial charge in [-0.15, -0.1) is 10.8 Å². The van der Waals surface area contributed by atoms with Crippen molar-refractivity contribution in [1.29, 1.82) is 0 Å². The molecule has 0 spiro atoms. The molecule has 226 valence electrons. The Bertz CT molecular complexity index is 1360. The molecule has 10 heteroatoms. The van der Waals surface area contributed by atoms with E-state index in [0.29, 0.717) is 49.7 Å². The number of carbonyl (C=O) groups is 1. The summed E-state index contributed by atoms with van der Waals surface area (Å²) in [7, 11) is -2.95. The van der Waals surface area contributed by atoms with Gasteiger partial charge in [0.1, 0.15) is 5.75 Å². The Morgan fingerprint density at radius 2 is 1.88 bits per heavy atom. The predicted octanol–water partition coefficient (Wildman–Crippen LogP) is 4.81.